The number of hydrogen-bond donors (Lipinski definition) is 0. The summed E-state index contributed by atoms with van der Waals surface area (Å²) in [4.78, 5) is 27.6. The maximum atomic E-state index is 12.5. The van der Waals surface area contributed by atoms with Gasteiger partial charge in [0.15, 0.2) is 11.5 Å². The normalized spacial score (nSPS) is 10.7. The Kier molecular flexibility index (Phi) is 5.16. The molecule has 0 spiro atoms. The molecule has 0 aliphatic carbocycles. The number of nitrogens with zero attached hydrogens (tertiary/aromatic N) is 3. The molecule has 0 radical (unpaired) electrons. The Balaban J connectivity index is 1.89. The number of nitro benzene ring substituents is 1. The van der Waals surface area contributed by atoms with Crippen LogP contribution in [0.5, 0.6) is 11.5 Å². The van der Waals surface area contributed by atoms with E-state index in [9.17, 15) is 14.9 Å². The van der Waals surface area contributed by atoms with E-state index in [2.05, 4.69) is 4.98 Å². The van der Waals surface area contributed by atoms with Crippen molar-refractivity contribution < 1.29 is 23.9 Å². The van der Waals surface area contributed by atoms with Crippen molar-refractivity contribution in [1.82, 2.24) is 9.55 Å². The first-order valence-corrected chi connectivity index (χ1v) is 8.37. The molecule has 0 fully saturated rings. The monoisotopic (exact) mass is 385 g/mol. The summed E-state index contributed by atoms with van der Waals surface area (Å²) in [6.07, 6.45) is 0.692. The molecule has 0 unspecified atom stereocenters. The Morgan fingerprint density at radius 3 is 2.50 bits per heavy atom. The quantitative estimate of drug-likeness (QED) is 0.486. The molecule has 1 heterocycles. The van der Waals surface area contributed by atoms with Crippen molar-refractivity contribution in [3.63, 3.8) is 0 Å². The lowest BCUT2D eigenvalue weighted by Gasteiger charge is -2.11. The molecule has 3 aromatic rings. The number of ether oxygens (including phenoxy) is 3. The van der Waals surface area contributed by atoms with Crippen molar-refractivity contribution in [3.05, 3.63) is 57.4 Å². The van der Waals surface area contributed by atoms with Crippen LogP contribution in [-0.4, -0.2) is 34.8 Å². The second-order valence-corrected chi connectivity index (χ2v) is 6.14. The van der Waals surface area contributed by atoms with E-state index in [1.807, 2.05) is 19.9 Å². The zero-order chi connectivity index (χ0) is 20.4. The minimum absolute atomic E-state index is 0.187. The van der Waals surface area contributed by atoms with Crippen LogP contribution in [0.1, 0.15) is 16.7 Å². The summed E-state index contributed by atoms with van der Waals surface area (Å²) in [5, 5.41) is 11.4. The third-order valence-electron chi connectivity index (χ3n) is 4.57. The van der Waals surface area contributed by atoms with Gasteiger partial charge in [0.1, 0.15) is 12.9 Å². The predicted octanol–water partition coefficient (Wildman–Crippen LogP) is 3.76. The van der Waals surface area contributed by atoms with E-state index >= 15 is 0 Å². The molecule has 3 rings (SSSR count). The number of benzene rings is 2. The second kappa shape index (κ2) is 7.55. The predicted molar refractivity (Wildman–Crippen MR) is 101 cm³/mol. The SMILES string of the molecule is COc1cc(COC(=O)n2cnc3c(C)c(C)ccc32)c([N+](=O)[O-])cc1OC. The summed E-state index contributed by atoms with van der Waals surface area (Å²) in [6.45, 7) is 3.58. The number of nitro groups is 1. The van der Waals surface area contributed by atoms with E-state index in [4.69, 9.17) is 14.2 Å². The highest BCUT2D eigenvalue weighted by Crippen LogP contribution is 2.35. The lowest BCUT2D eigenvalue weighted by atomic mass is 10.1. The summed E-state index contributed by atoms with van der Waals surface area (Å²) < 4.78 is 16.8. The van der Waals surface area contributed by atoms with Crippen molar-refractivity contribution in [2.45, 2.75) is 20.5 Å². The first-order chi connectivity index (χ1) is 13.4. The summed E-state index contributed by atoms with van der Waals surface area (Å²) in [6, 6.07) is 6.33. The average molecular weight is 385 g/mol. The van der Waals surface area contributed by atoms with Gasteiger partial charge in [0.2, 0.25) is 0 Å². The van der Waals surface area contributed by atoms with E-state index in [0.717, 1.165) is 11.1 Å². The lowest BCUT2D eigenvalue weighted by molar-refractivity contribution is -0.385. The number of fused-ring (bicyclic) bond motifs is 1. The number of hydrogen-bond acceptors (Lipinski definition) is 7. The van der Waals surface area contributed by atoms with E-state index in [0.29, 0.717) is 16.8 Å². The van der Waals surface area contributed by atoms with Gasteiger partial charge >= 0.3 is 6.09 Å². The number of methoxy groups -OCH3 is 2. The van der Waals surface area contributed by atoms with E-state index < -0.39 is 11.0 Å². The smallest absolute Gasteiger partial charge is 0.420 e. The highest BCUT2D eigenvalue weighted by atomic mass is 16.6. The van der Waals surface area contributed by atoms with E-state index in [1.165, 1.54) is 37.2 Å². The van der Waals surface area contributed by atoms with Crippen LogP contribution in [0.2, 0.25) is 0 Å². The van der Waals surface area contributed by atoms with Gasteiger partial charge in [0, 0.05) is 0 Å². The fourth-order valence-electron chi connectivity index (χ4n) is 2.87. The number of carbonyl (C=O) groups excluding carboxylic acids is 1. The molecule has 0 aliphatic rings. The van der Waals surface area contributed by atoms with Gasteiger partial charge in [-0.05, 0) is 37.1 Å². The Bertz CT molecular complexity index is 1070. The van der Waals surface area contributed by atoms with Gasteiger partial charge in [0.05, 0.1) is 41.8 Å². The van der Waals surface area contributed by atoms with Gasteiger partial charge in [-0.3, -0.25) is 10.1 Å². The standard InChI is InChI=1S/C19H19N3O6/c1-11-5-6-14-18(12(11)2)20-10-21(14)19(23)28-9-13-7-16(26-3)17(27-4)8-15(13)22(24)25/h5-8,10H,9H2,1-4H3. The number of rotatable bonds is 5. The van der Waals surface area contributed by atoms with Gasteiger partial charge in [-0.1, -0.05) is 6.07 Å². The van der Waals surface area contributed by atoms with Gasteiger partial charge in [0.25, 0.3) is 5.69 Å². The molecule has 0 bridgehead atoms. The third-order valence-corrected chi connectivity index (χ3v) is 4.57. The number of aryl methyl sites for hydroxylation is 2. The average Bonchev–Trinajstić information content (AvgIpc) is 3.12. The van der Waals surface area contributed by atoms with Crippen molar-refractivity contribution in [1.29, 1.82) is 0 Å². The van der Waals surface area contributed by atoms with Crippen molar-refractivity contribution in [2.75, 3.05) is 14.2 Å². The molecule has 2 aromatic carbocycles. The van der Waals surface area contributed by atoms with E-state index in [-0.39, 0.29) is 23.6 Å². The summed E-state index contributed by atoms with van der Waals surface area (Å²) in [5.74, 6) is 0.522. The summed E-state index contributed by atoms with van der Waals surface area (Å²) >= 11 is 0. The Hall–Kier alpha value is -3.62. The van der Waals surface area contributed by atoms with Crippen LogP contribution in [0.4, 0.5) is 10.5 Å². The molecule has 146 valence electrons. The molecule has 0 amide bonds. The Labute approximate surface area is 160 Å². The molecule has 0 aliphatic heterocycles. The van der Waals surface area contributed by atoms with Crippen LogP contribution in [0, 0.1) is 24.0 Å². The molecule has 28 heavy (non-hydrogen) atoms. The largest absolute Gasteiger partial charge is 0.493 e. The van der Waals surface area contributed by atoms with Crippen molar-refractivity contribution in [2.24, 2.45) is 0 Å². The maximum absolute atomic E-state index is 12.5. The highest BCUT2D eigenvalue weighted by Gasteiger charge is 2.21. The van der Waals surface area contributed by atoms with Gasteiger partial charge < -0.3 is 14.2 Å². The molecule has 9 heteroatoms. The van der Waals surface area contributed by atoms with Crippen LogP contribution in [0.25, 0.3) is 11.0 Å². The van der Waals surface area contributed by atoms with Gasteiger partial charge in [-0.15, -0.1) is 0 Å². The van der Waals surface area contributed by atoms with Crippen LogP contribution in [0.3, 0.4) is 0 Å². The molecular weight excluding hydrogens is 366 g/mol. The summed E-state index contributed by atoms with van der Waals surface area (Å²) in [7, 11) is 2.80. The molecule has 1 aromatic heterocycles. The minimum atomic E-state index is -0.685. The maximum Gasteiger partial charge on any atom is 0.420 e. The number of aromatic nitrogens is 2. The van der Waals surface area contributed by atoms with Gasteiger partial charge in [-0.25, -0.2) is 14.3 Å². The minimum Gasteiger partial charge on any atom is -0.493 e. The van der Waals surface area contributed by atoms with Crippen LogP contribution in [-0.2, 0) is 11.3 Å². The summed E-state index contributed by atoms with van der Waals surface area (Å²) in [5.41, 5.74) is 3.30. The molecule has 0 atom stereocenters. The van der Waals surface area contributed by atoms with Crippen molar-refractivity contribution >= 4 is 22.8 Å². The molecular formula is C19H19N3O6. The zero-order valence-electron chi connectivity index (χ0n) is 15.9. The van der Waals surface area contributed by atoms with Crippen LogP contribution in [0.15, 0.2) is 30.6 Å². The Morgan fingerprint density at radius 1 is 1.18 bits per heavy atom. The topological polar surface area (TPSA) is 106 Å². The first-order valence-electron chi connectivity index (χ1n) is 8.37. The molecule has 9 nitrogen and oxygen atoms in total. The van der Waals surface area contributed by atoms with Crippen LogP contribution < -0.4 is 9.47 Å². The zero-order valence-corrected chi connectivity index (χ0v) is 15.9. The van der Waals surface area contributed by atoms with Crippen LogP contribution >= 0.6 is 0 Å². The third kappa shape index (κ3) is 3.34. The lowest BCUT2D eigenvalue weighted by Crippen LogP contribution is -2.13. The number of carbonyl (C=O) groups is 1. The fraction of sp³-hybridized carbons (Fsp3) is 0.263. The van der Waals surface area contributed by atoms with Gasteiger partial charge in [-0.2, -0.15) is 0 Å². The fourth-order valence-corrected chi connectivity index (χ4v) is 2.87. The molecule has 0 saturated heterocycles. The Morgan fingerprint density at radius 2 is 1.86 bits per heavy atom. The van der Waals surface area contributed by atoms with E-state index in [1.54, 1.807) is 6.07 Å². The highest BCUT2D eigenvalue weighted by molar-refractivity contribution is 5.88. The first kappa shape index (κ1) is 19.2. The second-order valence-electron chi connectivity index (χ2n) is 6.14. The molecule has 0 saturated carbocycles. The molecule has 0 N–H and O–H groups in total. The number of imidazole rings is 1. The van der Waals surface area contributed by atoms with Crippen molar-refractivity contribution in [3.8, 4) is 11.5 Å².